The number of imidazole rings is 1. The fourth-order valence-corrected chi connectivity index (χ4v) is 3.52. The highest BCUT2D eigenvalue weighted by Crippen LogP contribution is 2.20. The molecule has 1 aromatic heterocycles. The minimum atomic E-state index is -0.789. The molecule has 31 heavy (non-hydrogen) atoms. The first-order valence-electron chi connectivity index (χ1n) is 10.5. The summed E-state index contributed by atoms with van der Waals surface area (Å²) in [4.78, 5) is 39.9. The number of aromatic nitrogens is 2. The number of rotatable bonds is 8. The predicted octanol–water partition coefficient (Wildman–Crippen LogP) is 2.19. The zero-order valence-electron chi connectivity index (χ0n) is 18.6. The summed E-state index contributed by atoms with van der Waals surface area (Å²) in [6.45, 7) is 5.18. The molecule has 0 radical (unpaired) electrons. The minimum Gasteiger partial charge on any atom is -0.356 e. The van der Waals surface area contributed by atoms with Gasteiger partial charge in [-0.2, -0.15) is 0 Å². The normalized spacial score (nSPS) is 19.0. The molecular weight excluding hydrogens is 394 g/mol. The molecule has 1 fully saturated rings. The molecule has 1 atom stereocenters. The Morgan fingerprint density at radius 2 is 2.03 bits per heavy atom. The van der Waals surface area contributed by atoms with Gasteiger partial charge in [-0.15, -0.1) is 0 Å². The Morgan fingerprint density at radius 1 is 1.29 bits per heavy atom. The van der Waals surface area contributed by atoms with Crippen LogP contribution in [0, 0.1) is 0 Å². The van der Waals surface area contributed by atoms with Gasteiger partial charge in [-0.05, 0) is 25.3 Å². The van der Waals surface area contributed by atoms with E-state index in [9.17, 15) is 9.59 Å². The van der Waals surface area contributed by atoms with Crippen LogP contribution in [0.25, 0.3) is 11.3 Å². The average Bonchev–Trinajstić information content (AvgIpc) is 3.32. The number of nitrogens with zero attached hydrogens (tertiary/aromatic N) is 4. The Bertz CT molecular complexity index is 940. The molecule has 3 N–H and O–H groups in total. The number of guanidine groups is 1. The van der Waals surface area contributed by atoms with Crippen LogP contribution in [0.3, 0.4) is 0 Å². The predicted molar refractivity (Wildman–Crippen MR) is 120 cm³/mol. The SMILES string of the molecule is CCC1(C)NC(=O)N(CCCNC(=NC)N(C)Cc2ncc(-c3ccccc3)[nH]2)C1=O. The third kappa shape index (κ3) is 5.04. The first kappa shape index (κ1) is 22.3. The Morgan fingerprint density at radius 3 is 2.68 bits per heavy atom. The second-order valence-corrected chi connectivity index (χ2v) is 7.87. The molecule has 1 aliphatic rings. The van der Waals surface area contributed by atoms with Gasteiger partial charge >= 0.3 is 6.03 Å². The Kier molecular flexibility index (Phi) is 6.94. The molecule has 2 aromatic rings. The molecule has 1 unspecified atom stereocenters. The average molecular weight is 426 g/mol. The highest BCUT2D eigenvalue weighted by Gasteiger charge is 2.45. The van der Waals surface area contributed by atoms with Crippen LogP contribution in [-0.4, -0.2) is 70.4 Å². The molecule has 9 nitrogen and oxygen atoms in total. The second-order valence-electron chi connectivity index (χ2n) is 7.87. The van der Waals surface area contributed by atoms with Crippen LogP contribution in [0.1, 0.15) is 32.5 Å². The van der Waals surface area contributed by atoms with E-state index in [1.165, 1.54) is 4.90 Å². The summed E-state index contributed by atoms with van der Waals surface area (Å²) < 4.78 is 0. The number of urea groups is 1. The van der Waals surface area contributed by atoms with E-state index < -0.39 is 5.54 Å². The number of carbonyl (C=O) groups excluding carboxylic acids is 2. The van der Waals surface area contributed by atoms with Crippen molar-refractivity contribution in [2.75, 3.05) is 27.2 Å². The zero-order chi connectivity index (χ0) is 22.4. The highest BCUT2D eigenvalue weighted by atomic mass is 16.2. The molecule has 2 heterocycles. The maximum Gasteiger partial charge on any atom is 0.325 e. The van der Waals surface area contributed by atoms with Gasteiger partial charge in [0.05, 0.1) is 18.4 Å². The lowest BCUT2D eigenvalue weighted by Gasteiger charge is -2.22. The van der Waals surface area contributed by atoms with Crippen LogP contribution >= 0.6 is 0 Å². The van der Waals surface area contributed by atoms with E-state index in [4.69, 9.17) is 0 Å². The van der Waals surface area contributed by atoms with E-state index in [1.54, 1.807) is 14.0 Å². The number of aromatic amines is 1. The smallest absolute Gasteiger partial charge is 0.325 e. The number of H-pyrrole nitrogens is 1. The van der Waals surface area contributed by atoms with Crippen molar-refractivity contribution in [3.05, 3.63) is 42.4 Å². The van der Waals surface area contributed by atoms with Crippen molar-refractivity contribution in [3.63, 3.8) is 0 Å². The van der Waals surface area contributed by atoms with Gasteiger partial charge in [0.15, 0.2) is 5.96 Å². The van der Waals surface area contributed by atoms with Gasteiger partial charge in [-0.3, -0.25) is 14.7 Å². The first-order valence-corrected chi connectivity index (χ1v) is 10.5. The molecule has 0 aliphatic carbocycles. The van der Waals surface area contributed by atoms with E-state index in [0.29, 0.717) is 38.4 Å². The topological polar surface area (TPSA) is 106 Å². The zero-order valence-corrected chi connectivity index (χ0v) is 18.6. The van der Waals surface area contributed by atoms with Gasteiger partial charge in [-0.25, -0.2) is 9.78 Å². The molecule has 0 bridgehead atoms. The maximum absolute atomic E-state index is 12.4. The summed E-state index contributed by atoms with van der Waals surface area (Å²) in [5.74, 6) is 1.39. The Hall–Kier alpha value is -3.36. The molecular formula is C22H31N7O2. The highest BCUT2D eigenvalue weighted by molar-refractivity contribution is 6.06. The largest absolute Gasteiger partial charge is 0.356 e. The molecule has 1 saturated heterocycles. The monoisotopic (exact) mass is 425 g/mol. The van der Waals surface area contributed by atoms with Crippen molar-refractivity contribution in [2.24, 2.45) is 4.99 Å². The van der Waals surface area contributed by atoms with Crippen molar-refractivity contribution >= 4 is 17.9 Å². The number of amides is 3. The van der Waals surface area contributed by atoms with Crippen LogP contribution in [0.4, 0.5) is 4.79 Å². The van der Waals surface area contributed by atoms with Crippen molar-refractivity contribution < 1.29 is 9.59 Å². The van der Waals surface area contributed by atoms with Crippen molar-refractivity contribution in [3.8, 4) is 11.3 Å². The van der Waals surface area contributed by atoms with Gasteiger partial charge in [-0.1, -0.05) is 37.3 Å². The molecule has 166 valence electrons. The molecule has 0 saturated carbocycles. The first-order chi connectivity index (χ1) is 14.9. The van der Waals surface area contributed by atoms with Gasteiger partial charge in [0.25, 0.3) is 5.91 Å². The van der Waals surface area contributed by atoms with Gasteiger partial charge < -0.3 is 20.5 Å². The van der Waals surface area contributed by atoms with Crippen molar-refractivity contribution in [2.45, 2.75) is 38.8 Å². The molecule has 9 heteroatoms. The number of hydrogen-bond acceptors (Lipinski definition) is 4. The number of nitrogens with one attached hydrogen (secondary N) is 3. The fourth-order valence-electron chi connectivity index (χ4n) is 3.52. The molecule has 3 amide bonds. The summed E-state index contributed by atoms with van der Waals surface area (Å²) in [6.07, 6.45) is 3.03. The van der Waals surface area contributed by atoms with Gasteiger partial charge in [0, 0.05) is 27.2 Å². The van der Waals surface area contributed by atoms with E-state index in [-0.39, 0.29) is 11.9 Å². The number of carbonyl (C=O) groups is 2. The lowest BCUT2D eigenvalue weighted by Crippen LogP contribution is -2.43. The van der Waals surface area contributed by atoms with Crippen LogP contribution in [0.15, 0.2) is 41.5 Å². The van der Waals surface area contributed by atoms with Gasteiger partial charge in [0.1, 0.15) is 11.4 Å². The Labute approximate surface area is 182 Å². The van der Waals surface area contributed by atoms with E-state index in [1.807, 2.05) is 55.4 Å². The number of benzene rings is 1. The molecule has 3 rings (SSSR count). The standard InChI is InChI=1S/C22H31N7O2/c1-5-22(2)19(30)29(21(31)27-22)13-9-12-24-20(23-3)28(4)15-18-25-14-17(26-18)16-10-7-6-8-11-16/h6-8,10-11,14H,5,9,12-13,15H2,1-4H3,(H,23,24)(H,25,26)(H,27,31). The summed E-state index contributed by atoms with van der Waals surface area (Å²) in [7, 11) is 3.66. The van der Waals surface area contributed by atoms with E-state index >= 15 is 0 Å². The van der Waals surface area contributed by atoms with Crippen LogP contribution in [0.5, 0.6) is 0 Å². The summed E-state index contributed by atoms with van der Waals surface area (Å²) in [5.41, 5.74) is 1.27. The van der Waals surface area contributed by atoms with Gasteiger partial charge in [0.2, 0.25) is 0 Å². The quantitative estimate of drug-likeness (QED) is 0.260. The van der Waals surface area contributed by atoms with Crippen molar-refractivity contribution in [1.82, 2.24) is 30.4 Å². The number of imide groups is 1. The fraction of sp³-hybridized carbons (Fsp3) is 0.455. The van der Waals surface area contributed by atoms with Crippen LogP contribution in [-0.2, 0) is 11.3 Å². The van der Waals surface area contributed by atoms with E-state index in [0.717, 1.165) is 17.1 Å². The lowest BCUT2D eigenvalue weighted by atomic mass is 9.99. The summed E-state index contributed by atoms with van der Waals surface area (Å²) in [5, 5.41) is 6.06. The molecule has 0 spiro atoms. The summed E-state index contributed by atoms with van der Waals surface area (Å²) >= 11 is 0. The van der Waals surface area contributed by atoms with Crippen LogP contribution < -0.4 is 10.6 Å². The summed E-state index contributed by atoms with van der Waals surface area (Å²) in [6, 6.07) is 9.74. The number of aliphatic imine (C=N–C) groups is 1. The maximum atomic E-state index is 12.4. The van der Waals surface area contributed by atoms with E-state index in [2.05, 4.69) is 25.6 Å². The third-order valence-corrected chi connectivity index (χ3v) is 5.57. The van der Waals surface area contributed by atoms with Crippen molar-refractivity contribution in [1.29, 1.82) is 0 Å². The molecule has 1 aromatic carbocycles. The third-order valence-electron chi connectivity index (χ3n) is 5.57. The minimum absolute atomic E-state index is 0.159. The number of hydrogen-bond donors (Lipinski definition) is 3. The second kappa shape index (κ2) is 9.63. The molecule has 1 aliphatic heterocycles. The lowest BCUT2D eigenvalue weighted by molar-refractivity contribution is -0.130. The van der Waals surface area contributed by atoms with Crippen LogP contribution in [0.2, 0.25) is 0 Å². The Balaban J connectivity index is 1.48.